The van der Waals surface area contributed by atoms with E-state index in [2.05, 4.69) is 0 Å². The molecule has 0 aliphatic rings. The van der Waals surface area contributed by atoms with E-state index in [0.717, 1.165) is 6.07 Å². The average Bonchev–Trinajstić information content (AvgIpc) is 2.76. The summed E-state index contributed by atoms with van der Waals surface area (Å²) in [5.41, 5.74) is 0.970. The quantitative estimate of drug-likeness (QED) is 0.465. The molecule has 0 saturated carbocycles. The SMILES string of the molecule is CCc1c(O)cc(O)c(C(=O)c2ccc(OC)cc2)c1CC(=O)N(CCO)CCOC. The molecule has 8 nitrogen and oxygen atoms in total. The van der Waals surface area contributed by atoms with Crippen LogP contribution in [0, 0.1) is 0 Å². The fourth-order valence-electron chi connectivity index (χ4n) is 3.42. The second-order valence-electron chi connectivity index (χ2n) is 6.93. The first-order chi connectivity index (χ1) is 14.9. The van der Waals surface area contributed by atoms with Crippen LogP contribution < -0.4 is 4.74 Å². The summed E-state index contributed by atoms with van der Waals surface area (Å²) in [5.74, 6) is -0.824. The van der Waals surface area contributed by atoms with Crippen molar-refractivity contribution in [1.29, 1.82) is 0 Å². The number of aromatic hydroxyl groups is 2. The number of ether oxygens (including phenoxy) is 2. The summed E-state index contributed by atoms with van der Waals surface area (Å²) in [4.78, 5) is 27.6. The lowest BCUT2D eigenvalue weighted by Gasteiger charge is -2.23. The summed E-state index contributed by atoms with van der Waals surface area (Å²) >= 11 is 0. The lowest BCUT2D eigenvalue weighted by molar-refractivity contribution is -0.131. The summed E-state index contributed by atoms with van der Waals surface area (Å²) in [6.45, 7) is 2.23. The zero-order valence-corrected chi connectivity index (χ0v) is 18.1. The Morgan fingerprint density at radius 1 is 1.00 bits per heavy atom. The molecular formula is C23H29NO7. The van der Waals surface area contributed by atoms with Gasteiger partial charge in [-0.15, -0.1) is 0 Å². The first kappa shape index (κ1) is 24.2. The van der Waals surface area contributed by atoms with Crippen LogP contribution in [0.4, 0.5) is 0 Å². The first-order valence-corrected chi connectivity index (χ1v) is 10.0. The second-order valence-corrected chi connectivity index (χ2v) is 6.93. The number of phenolic OH excluding ortho intramolecular Hbond substituents is 2. The van der Waals surface area contributed by atoms with Crippen molar-refractivity contribution in [2.45, 2.75) is 19.8 Å². The van der Waals surface area contributed by atoms with Crippen molar-refractivity contribution >= 4 is 11.7 Å². The van der Waals surface area contributed by atoms with Crippen LogP contribution in [0.2, 0.25) is 0 Å². The number of carbonyl (C=O) groups is 2. The minimum Gasteiger partial charge on any atom is -0.508 e. The maximum absolute atomic E-state index is 13.2. The van der Waals surface area contributed by atoms with E-state index >= 15 is 0 Å². The molecule has 0 spiro atoms. The zero-order chi connectivity index (χ0) is 23.0. The average molecular weight is 431 g/mol. The summed E-state index contributed by atoms with van der Waals surface area (Å²) in [6, 6.07) is 7.52. The van der Waals surface area contributed by atoms with Crippen molar-refractivity contribution < 1.29 is 34.4 Å². The molecule has 0 radical (unpaired) electrons. The summed E-state index contributed by atoms with van der Waals surface area (Å²) in [6.07, 6.45) is 0.141. The van der Waals surface area contributed by atoms with Gasteiger partial charge in [0.25, 0.3) is 0 Å². The summed E-state index contributed by atoms with van der Waals surface area (Å²) in [7, 11) is 3.03. The van der Waals surface area contributed by atoms with Crippen molar-refractivity contribution in [3.8, 4) is 17.2 Å². The summed E-state index contributed by atoms with van der Waals surface area (Å²) in [5, 5.41) is 30.2. The molecule has 0 aromatic heterocycles. The number of rotatable bonds is 11. The van der Waals surface area contributed by atoms with Gasteiger partial charge in [0.05, 0.1) is 32.3 Å². The highest BCUT2D eigenvalue weighted by Crippen LogP contribution is 2.35. The van der Waals surface area contributed by atoms with Gasteiger partial charge in [-0.05, 0) is 41.8 Å². The molecule has 0 atom stereocenters. The van der Waals surface area contributed by atoms with E-state index in [1.165, 1.54) is 19.1 Å². The van der Waals surface area contributed by atoms with Crippen LogP contribution in [0.3, 0.4) is 0 Å². The van der Waals surface area contributed by atoms with E-state index in [-0.39, 0.29) is 55.5 Å². The fraction of sp³-hybridized carbons (Fsp3) is 0.391. The topological polar surface area (TPSA) is 117 Å². The van der Waals surface area contributed by atoms with Crippen molar-refractivity contribution in [3.05, 3.63) is 52.6 Å². The fourth-order valence-corrected chi connectivity index (χ4v) is 3.42. The molecule has 0 fully saturated rings. The van der Waals surface area contributed by atoms with Crippen LogP contribution in [0.15, 0.2) is 30.3 Å². The Morgan fingerprint density at radius 2 is 1.68 bits per heavy atom. The van der Waals surface area contributed by atoms with Gasteiger partial charge < -0.3 is 29.7 Å². The van der Waals surface area contributed by atoms with Gasteiger partial charge in [0.15, 0.2) is 5.78 Å². The second kappa shape index (κ2) is 11.3. The Labute approximate surface area is 181 Å². The van der Waals surface area contributed by atoms with Crippen LogP contribution in [-0.2, 0) is 22.4 Å². The minimum atomic E-state index is -0.469. The third-order valence-corrected chi connectivity index (χ3v) is 5.05. The Morgan fingerprint density at radius 3 is 2.23 bits per heavy atom. The third kappa shape index (κ3) is 5.74. The van der Waals surface area contributed by atoms with Gasteiger partial charge in [-0.2, -0.15) is 0 Å². The lowest BCUT2D eigenvalue weighted by Crippen LogP contribution is -2.37. The van der Waals surface area contributed by atoms with Crippen LogP contribution in [0.1, 0.15) is 34.0 Å². The van der Waals surface area contributed by atoms with Crippen molar-refractivity contribution in [2.24, 2.45) is 0 Å². The van der Waals surface area contributed by atoms with Gasteiger partial charge in [-0.25, -0.2) is 0 Å². The van der Waals surface area contributed by atoms with E-state index < -0.39 is 11.5 Å². The predicted octanol–water partition coefficient (Wildman–Crippen LogP) is 1.91. The number of ketones is 1. The number of carbonyl (C=O) groups excluding carboxylic acids is 2. The van der Waals surface area contributed by atoms with Gasteiger partial charge in [-0.3, -0.25) is 9.59 Å². The molecule has 2 aromatic carbocycles. The number of nitrogens with zero attached hydrogens (tertiary/aromatic N) is 1. The number of phenols is 2. The van der Waals surface area contributed by atoms with E-state index in [9.17, 15) is 24.9 Å². The van der Waals surface area contributed by atoms with E-state index in [1.807, 2.05) is 0 Å². The molecule has 2 aromatic rings. The van der Waals surface area contributed by atoms with Gasteiger partial charge in [-0.1, -0.05) is 6.92 Å². The van der Waals surface area contributed by atoms with Crippen molar-refractivity contribution in [3.63, 3.8) is 0 Å². The highest BCUT2D eigenvalue weighted by molar-refractivity contribution is 6.12. The highest BCUT2D eigenvalue weighted by Gasteiger charge is 2.26. The number of benzene rings is 2. The molecule has 2 rings (SSSR count). The Bertz CT molecular complexity index is 909. The number of hydrogen-bond acceptors (Lipinski definition) is 7. The van der Waals surface area contributed by atoms with Gasteiger partial charge >= 0.3 is 0 Å². The molecule has 0 aliphatic heterocycles. The smallest absolute Gasteiger partial charge is 0.227 e. The van der Waals surface area contributed by atoms with Crippen molar-refractivity contribution in [2.75, 3.05) is 40.5 Å². The summed E-state index contributed by atoms with van der Waals surface area (Å²) < 4.78 is 10.1. The molecule has 0 saturated heterocycles. The molecule has 8 heteroatoms. The maximum Gasteiger partial charge on any atom is 0.227 e. The standard InChI is InChI=1S/C23H29NO7/c1-4-17-18(13-21(28)24(9-11-25)10-12-30-2)22(20(27)14-19(17)26)23(29)15-5-7-16(31-3)8-6-15/h5-8,14,25-27H,4,9-13H2,1-3H3. The predicted molar refractivity (Wildman–Crippen MR) is 115 cm³/mol. The maximum atomic E-state index is 13.2. The molecule has 3 N–H and O–H groups in total. The third-order valence-electron chi connectivity index (χ3n) is 5.05. The Hall–Kier alpha value is -3.10. The van der Waals surface area contributed by atoms with Crippen LogP contribution in [0.25, 0.3) is 0 Å². The molecule has 168 valence electrons. The monoisotopic (exact) mass is 431 g/mol. The number of methoxy groups -OCH3 is 2. The normalized spacial score (nSPS) is 10.7. The lowest BCUT2D eigenvalue weighted by atomic mass is 9.89. The number of aliphatic hydroxyl groups is 1. The Balaban J connectivity index is 2.51. The Kier molecular flexibility index (Phi) is 8.84. The number of aliphatic hydroxyl groups excluding tert-OH is 1. The zero-order valence-electron chi connectivity index (χ0n) is 18.1. The highest BCUT2D eigenvalue weighted by atomic mass is 16.5. The molecule has 0 heterocycles. The molecule has 0 unspecified atom stereocenters. The van der Waals surface area contributed by atoms with Crippen LogP contribution in [-0.4, -0.2) is 72.4 Å². The van der Waals surface area contributed by atoms with E-state index in [4.69, 9.17) is 9.47 Å². The molecule has 1 amide bonds. The van der Waals surface area contributed by atoms with Crippen LogP contribution >= 0.6 is 0 Å². The van der Waals surface area contributed by atoms with E-state index in [0.29, 0.717) is 23.3 Å². The van der Waals surface area contributed by atoms with E-state index in [1.54, 1.807) is 31.2 Å². The van der Waals surface area contributed by atoms with Crippen molar-refractivity contribution in [1.82, 2.24) is 4.90 Å². The minimum absolute atomic E-state index is 0.0242. The van der Waals surface area contributed by atoms with Gasteiger partial charge in [0.1, 0.15) is 17.2 Å². The molecule has 0 bridgehead atoms. The van der Waals surface area contributed by atoms with Gasteiger partial charge in [0.2, 0.25) is 5.91 Å². The van der Waals surface area contributed by atoms with Crippen LogP contribution in [0.5, 0.6) is 17.2 Å². The molecule has 0 aliphatic carbocycles. The first-order valence-electron chi connectivity index (χ1n) is 10.0. The number of amides is 1. The molecular weight excluding hydrogens is 402 g/mol. The number of hydrogen-bond donors (Lipinski definition) is 3. The van der Waals surface area contributed by atoms with Gasteiger partial charge in [0, 0.05) is 31.8 Å². The largest absolute Gasteiger partial charge is 0.508 e. The molecule has 31 heavy (non-hydrogen) atoms.